The van der Waals surface area contributed by atoms with Gasteiger partial charge in [-0.25, -0.2) is 0 Å². The van der Waals surface area contributed by atoms with Gasteiger partial charge in [-0.15, -0.1) is 0 Å². The van der Waals surface area contributed by atoms with Gasteiger partial charge >= 0.3 is 5.97 Å². The second kappa shape index (κ2) is 8.68. The molecule has 15 heavy (non-hydrogen) atoms. The Morgan fingerprint density at radius 2 is 2.07 bits per heavy atom. The van der Waals surface area contributed by atoms with Crippen LogP contribution >= 0.6 is 0 Å². The maximum Gasteiger partial charge on any atom is 0.308 e. The zero-order chi connectivity index (χ0) is 11.7. The molecule has 0 fully saturated rings. The number of nitrogens with two attached hydrogens (primary N) is 1. The lowest BCUT2D eigenvalue weighted by atomic mass is 10.1. The fraction of sp³-hybridized carbons (Fsp3) is 0.909. The molecule has 1 atom stereocenters. The third-order valence-electron chi connectivity index (χ3n) is 2.18. The van der Waals surface area contributed by atoms with Crippen LogP contribution < -0.4 is 5.73 Å². The first-order valence-electron chi connectivity index (χ1n) is 5.48. The molecular formula is C11H23NO3. The van der Waals surface area contributed by atoms with Crippen molar-refractivity contribution in [3.05, 3.63) is 0 Å². The number of methoxy groups -OCH3 is 1. The molecule has 0 bridgehead atoms. The summed E-state index contributed by atoms with van der Waals surface area (Å²) in [5.41, 5.74) is 5.39. The van der Waals surface area contributed by atoms with Crippen LogP contribution in [0.5, 0.6) is 0 Å². The summed E-state index contributed by atoms with van der Waals surface area (Å²) in [6, 6.07) is 0. The fourth-order valence-corrected chi connectivity index (χ4v) is 1.19. The molecule has 0 radical (unpaired) electrons. The molecule has 0 aromatic heterocycles. The van der Waals surface area contributed by atoms with E-state index in [1.807, 2.05) is 0 Å². The number of hydrogen-bond acceptors (Lipinski definition) is 4. The molecule has 0 amide bonds. The van der Waals surface area contributed by atoms with Gasteiger partial charge in [-0.1, -0.05) is 13.8 Å². The van der Waals surface area contributed by atoms with E-state index in [9.17, 15) is 4.79 Å². The molecule has 90 valence electrons. The van der Waals surface area contributed by atoms with Gasteiger partial charge < -0.3 is 15.2 Å². The van der Waals surface area contributed by atoms with Crippen LogP contribution in [0.2, 0.25) is 0 Å². The van der Waals surface area contributed by atoms with Gasteiger partial charge in [0.15, 0.2) is 0 Å². The monoisotopic (exact) mass is 217 g/mol. The van der Waals surface area contributed by atoms with Gasteiger partial charge in [0.2, 0.25) is 0 Å². The number of hydrogen-bond donors (Lipinski definition) is 1. The largest absolute Gasteiger partial charge is 0.466 e. The molecular weight excluding hydrogens is 194 g/mol. The Hall–Kier alpha value is -0.610. The van der Waals surface area contributed by atoms with Crippen molar-refractivity contribution in [2.75, 3.05) is 20.3 Å². The van der Waals surface area contributed by atoms with Crippen molar-refractivity contribution >= 4 is 5.97 Å². The zero-order valence-corrected chi connectivity index (χ0v) is 9.99. The smallest absolute Gasteiger partial charge is 0.308 e. The Morgan fingerprint density at radius 1 is 1.40 bits per heavy atom. The summed E-state index contributed by atoms with van der Waals surface area (Å²) in [6.45, 7) is 5.14. The van der Waals surface area contributed by atoms with Gasteiger partial charge in [-0.05, 0) is 18.8 Å². The minimum Gasteiger partial charge on any atom is -0.466 e. The minimum atomic E-state index is -0.226. The second-order valence-electron chi connectivity index (χ2n) is 4.05. The zero-order valence-electron chi connectivity index (χ0n) is 9.99. The predicted molar refractivity (Wildman–Crippen MR) is 59.5 cm³/mol. The van der Waals surface area contributed by atoms with Crippen LogP contribution in [0.25, 0.3) is 0 Å². The van der Waals surface area contributed by atoms with Crippen molar-refractivity contribution in [3.63, 3.8) is 0 Å². The van der Waals surface area contributed by atoms with Gasteiger partial charge in [-0.2, -0.15) is 0 Å². The van der Waals surface area contributed by atoms with Crippen molar-refractivity contribution in [2.45, 2.75) is 39.2 Å². The van der Waals surface area contributed by atoms with Crippen LogP contribution in [0.1, 0.15) is 33.1 Å². The Labute approximate surface area is 92.1 Å². The first kappa shape index (κ1) is 14.4. The van der Waals surface area contributed by atoms with Crippen molar-refractivity contribution in [1.29, 1.82) is 0 Å². The van der Waals surface area contributed by atoms with Gasteiger partial charge in [0.25, 0.3) is 0 Å². The van der Waals surface area contributed by atoms with Crippen LogP contribution in [-0.4, -0.2) is 32.3 Å². The molecule has 0 heterocycles. The van der Waals surface area contributed by atoms with Crippen LogP contribution in [0, 0.1) is 5.92 Å². The number of carbonyl (C=O) groups is 1. The summed E-state index contributed by atoms with van der Waals surface area (Å²) >= 11 is 0. The molecule has 1 unspecified atom stereocenters. The van der Waals surface area contributed by atoms with Crippen molar-refractivity contribution in [3.8, 4) is 0 Å². The Balaban J connectivity index is 3.48. The lowest BCUT2D eigenvalue weighted by Crippen LogP contribution is -2.26. The standard InChI is InChI=1S/C11H23NO3/c1-9(2)5-4-6-15-11(13)7-10(8-12)14-3/h9-10H,4-8,12H2,1-3H3. The highest BCUT2D eigenvalue weighted by Crippen LogP contribution is 2.04. The lowest BCUT2D eigenvalue weighted by Gasteiger charge is -2.12. The number of esters is 1. The number of carbonyl (C=O) groups excluding carboxylic acids is 1. The first-order chi connectivity index (χ1) is 7.10. The molecule has 0 aliphatic heterocycles. The maximum atomic E-state index is 11.3. The van der Waals surface area contributed by atoms with Gasteiger partial charge in [0.1, 0.15) is 0 Å². The number of rotatable bonds is 8. The van der Waals surface area contributed by atoms with E-state index < -0.39 is 0 Å². The first-order valence-corrected chi connectivity index (χ1v) is 5.48. The molecule has 4 heteroatoms. The molecule has 0 aliphatic carbocycles. The summed E-state index contributed by atoms with van der Waals surface area (Å²) in [5, 5.41) is 0. The Morgan fingerprint density at radius 3 is 2.53 bits per heavy atom. The Bertz CT molecular complexity index is 167. The highest BCUT2D eigenvalue weighted by molar-refractivity contribution is 5.69. The fourth-order valence-electron chi connectivity index (χ4n) is 1.19. The molecule has 0 spiro atoms. The third-order valence-corrected chi connectivity index (χ3v) is 2.18. The van der Waals surface area contributed by atoms with Crippen molar-refractivity contribution in [1.82, 2.24) is 0 Å². The molecule has 0 aromatic carbocycles. The average Bonchev–Trinajstić information content (AvgIpc) is 2.20. The summed E-state index contributed by atoms with van der Waals surface area (Å²) in [4.78, 5) is 11.3. The SMILES string of the molecule is COC(CN)CC(=O)OCCCC(C)C. The van der Waals surface area contributed by atoms with Crippen LogP contribution in [0.15, 0.2) is 0 Å². The summed E-state index contributed by atoms with van der Waals surface area (Å²) in [7, 11) is 1.55. The van der Waals surface area contributed by atoms with E-state index in [-0.39, 0.29) is 18.5 Å². The van der Waals surface area contributed by atoms with E-state index in [2.05, 4.69) is 13.8 Å². The molecule has 0 aliphatic rings. The Kier molecular flexibility index (Phi) is 8.33. The topological polar surface area (TPSA) is 61.5 Å². The average molecular weight is 217 g/mol. The minimum absolute atomic E-state index is 0.220. The van der Waals surface area contributed by atoms with Crippen molar-refractivity contribution < 1.29 is 14.3 Å². The van der Waals surface area contributed by atoms with Gasteiger partial charge in [0.05, 0.1) is 19.1 Å². The van der Waals surface area contributed by atoms with E-state index >= 15 is 0 Å². The highest BCUT2D eigenvalue weighted by Gasteiger charge is 2.12. The summed E-state index contributed by atoms with van der Waals surface area (Å²) < 4.78 is 10.0. The van der Waals surface area contributed by atoms with Gasteiger partial charge in [0, 0.05) is 13.7 Å². The maximum absolute atomic E-state index is 11.3. The molecule has 4 nitrogen and oxygen atoms in total. The van der Waals surface area contributed by atoms with E-state index in [0.717, 1.165) is 12.8 Å². The van der Waals surface area contributed by atoms with E-state index in [1.54, 1.807) is 7.11 Å². The summed E-state index contributed by atoms with van der Waals surface area (Å²) in [6.07, 6.45) is 2.03. The predicted octanol–water partition coefficient (Wildman–Crippen LogP) is 1.33. The van der Waals surface area contributed by atoms with Crippen molar-refractivity contribution in [2.24, 2.45) is 11.7 Å². The van der Waals surface area contributed by atoms with E-state index in [0.29, 0.717) is 19.1 Å². The van der Waals surface area contributed by atoms with Crippen LogP contribution in [0.3, 0.4) is 0 Å². The van der Waals surface area contributed by atoms with Crippen LogP contribution in [-0.2, 0) is 14.3 Å². The van der Waals surface area contributed by atoms with E-state index in [4.69, 9.17) is 15.2 Å². The third kappa shape index (κ3) is 8.39. The van der Waals surface area contributed by atoms with E-state index in [1.165, 1.54) is 0 Å². The molecule has 2 N–H and O–H groups in total. The molecule has 0 rings (SSSR count). The van der Waals surface area contributed by atoms with Crippen LogP contribution in [0.4, 0.5) is 0 Å². The molecule has 0 saturated heterocycles. The highest BCUT2D eigenvalue weighted by atomic mass is 16.5. The summed E-state index contributed by atoms with van der Waals surface area (Å²) in [5.74, 6) is 0.426. The lowest BCUT2D eigenvalue weighted by molar-refractivity contribution is -0.146. The normalized spacial score (nSPS) is 12.9. The molecule has 0 aromatic rings. The number of ether oxygens (including phenoxy) is 2. The quantitative estimate of drug-likeness (QED) is 0.492. The molecule has 0 saturated carbocycles. The van der Waals surface area contributed by atoms with Gasteiger partial charge in [-0.3, -0.25) is 4.79 Å². The second-order valence-corrected chi connectivity index (χ2v) is 4.05.